The van der Waals surface area contributed by atoms with Crippen LogP contribution < -0.4 is 5.73 Å². The summed E-state index contributed by atoms with van der Waals surface area (Å²) in [7, 11) is 0. The number of nitrogens with two attached hydrogens (primary N) is 1. The van der Waals surface area contributed by atoms with E-state index in [0.29, 0.717) is 5.15 Å². The molecule has 0 radical (unpaired) electrons. The second-order valence-electron chi connectivity index (χ2n) is 3.26. The van der Waals surface area contributed by atoms with E-state index in [9.17, 15) is 0 Å². The van der Waals surface area contributed by atoms with Crippen molar-refractivity contribution in [1.29, 1.82) is 0 Å². The van der Waals surface area contributed by atoms with Crippen molar-refractivity contribution in [2.75, 3.05) is 31.1 Å². The summed E-state index contributed by atoms with van der Waals surface area (Å²) < 4.78 is 0. The fourth-order valence-corrected chi connectivity index (χ4v) is 2.47. The summed E-state index contributed by atoms with van der Waals surface area (Å²) in [6, 6.07) is 1.74. The monoisotopic (exact) mass is 260 g/mol. The Bertz CT molecular complexity index is 310. The second kappa shape index (κ2) is 6.93. The van der Waals surface area contributed by atoms with Crippen LogP contribution in [0.5, 0.6) is 0 Å². The van der Waals surface area contributed by atoms with Gasteiger partial charge in [-0.25, -0.2) is 9.97 Å². The van der Waals surface area contributed by atoms with Crippen molar-refractivity contribution >= 4 is 29.3 Å². The van der Waals surface area contributed by atoms with E-state index in [2.05, 4.69) is 28.7 Å². The molecule has 1 aromatic rings. The first-order valence-electron chi connectivity index (χ1n) is 5.31. The molecule has 1 aromatic heterocycles. The number of nitrogens with zero attached hydrogens (tertiary/aromatic N) is 3. The molecule has 0 aliphatic carbocycles. The van der Waals surface area contributed by atoms with Gasteiger partial charge in [0.1, 0.15) is 10.2 Å². The van der Waals surface area contributed by atoms with Crippen LogP contribution in [0.2, 0.25) is 5.15 Å². The molecule has 2 N–H and O–H groups in total. The van der Waals surface area contributed by atoms with Gasteiger partial charge in [-0.1, -0.05) is 25.4 Å². The maximum atomic E-state index is 5.79. The molecular formula is C10H17ClN4S. The second-order valence-corrected chi connectivity index (χ2v) is 4.76. The van der Waals surface area contributed by atoms with Gasteiger partial charge in [0.05, 0.1) is 0 Å². The largest absolute Gasteiger partial charge is 0.368 e. The minimum Gasteiger partial charge on any atom is -0.368 e. The molecule has 0 aliphatic rings. The predicted octanol–water partition coefficient (Wildman–Crippen LogP) is 2.15. The van der Waals surface area contributed by atoms with Crippen LogP contribution in [0.15, 0.2) is 11.1 Å². The van der Waals surface area contributed by atoms with Crippen molar-refractivity contribution in [3.8, 4) is 0 Å². The number of nitrogen functional groups attached to an aromatic ring is 1. The minimum absolute atomic E-state index is 0.234. The van der Waals surface area contributed by atoms with E-state index in [1.54, 1.807) is 17.8 Å². The molecule has 1 heterocycles. The summed E-state index contributed by atoms with van der Waals surface area (Å²) in [5.41, 5.74) is 5.51. The normalized spacial score (nSPS) is 11.0. The van der Waals surface area contributed by atoms with E-state index in [4.69, 9.17) is 17.3 Å². The molecule has 0 spiro atoms. The lowest BCUT2D eigenvalue weighted by Gasteiger charge is -2.17. The molecule has 0 atom stereocenters. The Balaban J connectivity index is 2.42. The molecule has 90 valence electrons. The zero-order chi connectivity index (χ0) is 12.0. The van der Waals surface area contributed by atoms with Gasteiger partial charge in [0.2, 0.25) is 5.95 Å². The Kier molecular flexibility index (Phi) is 5.87. The van der Waals surface area contributed by atoms with Crippen LogP contribution in [0.1, 0.15) is 13.8 Å². The first kappa shape index (κ1) is 13.5. The maximum absolute atomic E-state index is 5.79. The van der Waals surface area contributed by atoms with Crippen LogP contribution in [-0.4, -0.2) is 40.3 Å². The van der Waals surface area contributed by atoms with E-state index in [0.717, 1.165) is 30.4 Å². The molecule has 6 heteroatoms. The summed E-state index contributed by atoms with van der Waals surface area (Å²) in [5, 5.41) is 1.24. The first-order valence-corrected chi connectivity index (χ1v) is 6.67. The SMILES string of the molecule is CCN(CC)CCSc1cc(Cl)nc(N)n1. The van der Waals surface area contributed by atoms with E-state index in [1.165, 1.54) is 0 Å². The molecule has 0 bridgehead atoms. The standard InChI is InChI=1S/C10H17ClN4S/c1-3-15(4-2)5-6-16-9-7-8(11)13-10(12)14-9/h7H,3-6H2,1-2H3,(H2,12,13,14). The van der Waals surface area contributed by atoms with Crippen LogP contribution in [0.3, 0.4) is 0 Å². The first-order chi connectivity index (χ1) is 7.65. The Labute approximate surface area is 106 Å². The third kappa shape index (κ3) is 4.55. The average molecular weight is 261 g/mol. The molecule has 0 saturated carbocycles. The molecule has 4 nitrogen and oxygen atoms in total. The highest BCUT2D eigenvalue weighted by molar-refractivity contribution is 7.99. The molecule has 0 aliphatic heterocycles. The third-order valence-corrected chi connectivity index (χ3v) is 3.33. The lowest BCUT2D eigenvalue weighted by atomic mass is 10.5. The third-order valence-electron chi connectivity index (χ3n) is 2.24. The molecule has 0 amide bonds. The molecule has 0 unspecified atom stereocenters. The number of thioether (sulfide) groups is 1. The van der Waals surface area contributed by atoms with Crippen LogP contribution >= 0.6 is 23.4 Å². The molecule has 0 fully saturated rings. The number of aromatic nitrogens is 2. The zero-order valence-electron chi connectivity index (χ0n) is 9.61. The zero-order valence-corrected chi connectivity index (χ0v) is 11.2. The average Bonchev–Trinajstić information content (AvgIpc) is 2.23. The summed E-state index contributed by atoms with van der Waals surface area (Å²) in [6.07, 6.45) is 0. The molecule has 1 rings (SSSR count). The van der Waals surface area contributed by atoms with Crippen LogP contribution in [0.4, 0.5) is 5.95 Å². The van der Waals surface area contributed by atoms with Gasteiger partial charge < -0.3 is 10.6 Å². The van der Waals surface area contributed by atoms with Crippen molar-refractivity contribution < 1.29 is 0 Å². The highest BCUT2D eigenvalue weighted by atomic mass is 35.5. The maximum Gasteiger partial charge on any atom is 0.222 e. The number of hydrogen-bond donors (Lipinski definition) is 1. The Hall–Kier alpha value is -0.520. The van der Waals surface area contributed by atoms with Crippen molar-refractivity contribution in [2.45, 2.75) is 18.9 Å². The van der Waals surface area contributed by atoms with Crippen molar-refractivity contribution in [2.24, 2.45) is 0 Å². The highest BCUT2D eigenvalue weighted by Gasteiger charge is 2.03. The van der Waals surface area contributed by atoms with Gasteiger partial charge in [-0.2, -0.15) is 0 Å². The number of anilines is 1. The van der Waals surface area contributed by atoms with E-state index < -0.39 is 0 Å². The van der Waals surface area contributed by atoms with Gasteiger partial charge in [-0.15, -0.1) is 11.8 Å². The summed E-state index contributed by atoms with van der Waals surface area (Å²) >= 11 is 7.44. The fraction of sp³-hybridized carbons (Fsp3) is 0.600. The van der Waals surface area contributed by atoms with E-state index in [-0.39, 0.29) is 5.95 Å². The minimum atomic E-state index is 0.234. The highest BCUT2D eigenvalue weighted by Crippen LogP contribution is 2.19. The molecule has 0 aromatic carbocycles. The summed E-state index contributed by atoms with van der Waals surface area (Å²) in [5.74, 6) is 1.21. The van der Waals surface area contributed by atoms with Crippen molar-refractivity contribution in [3.05, 3.63) is 11.2 Å². The van der Waals surface area contributed by atoms with Gasteiger partial charge in [-0.3, -0.25) is 0 Å². The summed E-state index contributed by atoms with van der Waals surface area (Å²) in [4.78, 5) is 10.3. The Morgan fingerprint density at radius 2 is 2.06 bits per heavy atom. The van der Waals surface area contributed by atoms with Crippen LogP contribution in [0.25, 0.3) is 0 Å². The molecule has 16 heavy (non-hydrogen) atoms. The number of halogens is 1. The molecular weight excluding hydrogens is 244 g/mol. The van der Waals surface area contributed by atoms with Gasteiger partial charge in [0.25, 0.3) is 0 Å². The Morgan fingerprint density at radius 1 is 1.38 bits per heavy atom. The van der Waals surface area contributed by atoms with Gasteiger partial charge in [-0.05, 0) is 13.1 Å². The summed E-state index contributed by atoms with van der Waals surface area (Å²) in [6.45, 7) is 7.51. The van der Waals surface area contributed by atoms with Crippen molar-refractivity contribution in [3.63, 3.8) is 0 Å². The van der Waals surface area contributed by atoms with E-state index in [1.807, 2.05) is 0 Å². The van der Waals surface area contributed by atoms with Crippen LogP contribution in [-0.2, 0) is 0 Å². The van der Waals surface area contributed by atoms with Crippen LogP contribution in [0, 0.1) is 0 Å². The topological polar surface area (TPSA) is 55.0 Å². The number of rotatable bonds is 6. The quantitative estimate of drug-likeness (QED) is 0.627. The van der Waals surface area contributed by atoms with Crippen molar-refractivity contribution in [1.82, 2.24) is 14.9 Å². The van der Waals surface area contributed by atoms with Gasteiger partial charge in [0, 0.05) is 18.4 Å². The Morgan fingerprint density at radius 3 is 2.62 bits per heavy atom. The predicted molar refractivity (Wildman–Crippen MR) is 70.0 cm³/mol. The number of hydrogen-bond acceptors (Lipinski definition) is 5. The lowest BCUT2D eigenvalue weighted by molar-refractivity contribution is 0.324. The lowest BCUT2D eigenvalue weighted by Crippen LogP contribution is -2.25. The fourth-order valence-electron chi connectivity index (χ4n) is 1.31. The smallest absolute Gasteiger partial charge is 0.222 e. The molecule has 0 saturated heterocycles. The van der Waals surface area contributed by atoms with Gasteiger partial charge in [0.15, 0.2) is 0 Å². The van der Waals surface area contributed by atoms with Gasteiger partial charge >= 0.3 is 0 Å². The van der Waals surface area contributed by atoms with E-state index >= 15 is 0 Å².